The molecule has 4 nitrogen and oxygen atoms in total. The van der Waals surface area contributed by atoms with Gasteiger partial charge in [-0.15, -0.1) is 11.8 Å². The van der Waals surface area contributed by atoms with Gasteiger partial charge in [-0.05, 0) is 24.6 Å². The number of aliphatic carboxylic acids is 1. The molecule has 19 heavy (non-hydrogen) atoms. The zero-order chi connectivity index (χ0) is 14.4. The summed E-state index contributed by atoms with van der Waals surface area (Å²) >= 11 is 12.9. The third-order valence-electron chi connectivity index (χ3n) is 2.27. The molecule has 0 aliphatic heterocycles. The highest BCUT2D eigenvalue weighted by Gasteiger charge is 2.13. The molecular formula is C12H13Cl2NO3S. The Morgan fingerprint density at radius 3 is 2.63 bits per heavy atom. The standard InChI is InChI=1S/C12H13Cl2NO3S/c1-7(9-3-2-8(13)4-10(9)14)15-11(16)5-19-6-12(17)18/h2-4,7H,5-6H2,1H3,(H,15,16)(H,17,18). The lowest BCUT2D eigenvalue weighted by Gasteiger charge is -2.15. The van der Waals surface area contributed by atoms with Crippen LogP contribution in [0.15, 0.2) is 18.2 Å². The van der Waals surface area contributed by atoms with Gasteiger partial charge in [-0.25, -0.2) is 0 Å². The van der Waals surface area contributed by atoms with E-state index in [1.54, 1.807) is 25.1 Å². The second-order valence-corrected chi connectivity index (χ2v) is 5.67. The van der Waals surface area contributed by atoms with Crippen LogP contribution >= 0.6 is 35.0 Å². The summed E-state index contributed by atoms with van der Waals surface area (Å²) in [5.41, 5.74) is 0.766. The van der Waals surface area contributed by atoms with Gasteiger partial charge in [0.1, 0.15) is 0 Å². The average Bonchev–Trinajstić information content (AvgIpc) is 2.27. The normalized spacial score (nSPS) is 11.9. The van der Waals surface area contributed by atoms with E-state index in [4.69, 9.17) is 28.3 Å². The number of carbonyl (C=O) groups is 2. The van der Waals surface area contributed by atoms with Crippen molar-refractivity contribution in [2.45, 2.75) is 13.0 Å². The summed E-state index contributed by atoms with van der Waals surface area (Å²) in [4.78, 5) is 21.9. The molecule has 0 saturated heterocycles. The Morgan fingerprint density at radius 2 is 2.05 bits per heavy atom. The molecule has 0 aliphatic rings. The highest BCUT2D eigenvalue weighted by atomic mass is 35.5. The Morgan fingerprint density at radius 1 is 1.37 bits per heavy atom. The molecule has 1 atom stereocenters. The van der Waals surface area contributed by atoms with Crippen LogP contribution < -0.4 is 5.32 Å². The van der Waals surface area contributed by atoms with E-state index in [9.17, 15) is 9.59 Å². The molecule has 0 aromatic heterocycles. The molecule has 1 rings (SSSR count). The van der Waals surface area contributed by atoms with Gasteiger partial charge in [0.2, 0.25) is 5.91 Å². The van der Waals surface area contributed by atoms with Crippen molar-refractivity contribution in [1.82, 2.24) is 5.32 Å². The van der Waals surface area contributed by atoms with Gasteiger partial charge in [0.05, 0.1) is 17.5 Å². The van der Waals surface area contributed by atoms with Crippen LogP contribution in [0.1, 0.15) is 18.5 Å². The van der Waals surface area contributed by atoms with E-state index in [1.165, 1.54) is 0 Å². The first-order valence-corrected chi connectivity index (χ1v) is 7.35. The summed E-state index contributed by atoms with van der Waals surface area (Å²) < 4.78 is 0. The maximum atomic E-state index is 11.6. The van der Waals surface area contributed by atoms with E-state index in [-0.39, 0.29) is 23.5 Å². The van der Waals surface area contributed by atoms with Crippen molar-refractivity contribution in [3.05, 3.63) is 33.8 Å². The first-order chi connectivity index (χ1) is 8.90. The van der Waals surface area contributed by atoms with Crippen molar-refractivity contribution in [2.24, 2.45) is 0 Å². The van der Waals surface area contributed by atoms with Crippen LogP contribution in [0.2, 0.25) is 10.0 Å². The fraction of sp³-hybridized carbons (Fsp3) is 0.333. The van der Waals surface area contributed by atoms with Gasteiger partial charge >= 0.3 is 5.97 Å². The smallest absolute Gasteiger partial charge is 0.313 e. The zero-order valence-corrected chi connectivity index (χ0v) is 12.5. The Kier molecular flexibility index (Phi) is 6.48. The van der Waals surface area contributed by atoms with Crippen LogP contribution in [0, 0.1) is 0 Å². The van der Waals surface area contributed by atoms with E-state index in [2.05, 4.69) is 5.32 Å². The quantitative estimate of drug-likeness (QED) is 0.845. The van der Waals surface area contributed by atoms with E-state index in [1.807, 2.05) is 0 Å². The molecule has 0 fully saturated rings. The molecule has 7 heteroatoms. The van der Waals surface area contributed by atoms with Crippen molar-refractivity contribution in [3.8, 4) is 0 Å². The number of thioether (sulfide) groups is 1. The lowest BCUT2D eigenvalue weighted by molar-refractivity contribution is -0.133. The summed E-state index contributed by atoms with van der Waals surface area (Å²) in [6.07, 6.45) is 0. The molecule has 0 bridgehead atoms. The van der Waals surface area contributed by atoms with E-state index >= 15 is 0 Å². The number of carboxylic acids is 1. The predicted molar refractivity (Wildman–Crippen MR) is 78.0 cm³/mol. The Labute approximate surface area is 125 Å². The Balaban J connectivity index is 2.52. The fourth-order valence-electron chi connectivity index (χ4n) is 1.44. The molecule has 0 spiro atoms. The first kappa shape index (κ1) is 16.1. The van der Waals surface area contributed by atoms with Gasteiger partial charge in [-0.1, -0.05) is 29.3 Å². The molecule has 0 saturated carbocycles. The minimum atomic E-state index is -0.938. The van der Waals surface area contributed by atoms with Gasteiger partial charge in [0.25, 0.3) is 0 Å². The average molecular weight is 322 g/mol. The molecule has 1 unspecified atom stereocenters. The number of hydrogen-bond acceptors (Lipinski definition) is 3. The molecule has 0 radical (unpaired) electrons. The number of benzene rings is 1. The van der Waals surface area contributed by atoms with Gasteiger partial charge in [0, 0.05) is 10.0 Å². The van der Waals surface area contributed by atoms with Crippen LogP contribution in [-0.2, 0) is 9.59 Å². The van der Waals surface area contributed by atoms with Crippen LogP contribution in [0.25, 0.3) is 0 Å². The summed E-state index contributed by atoms with van der Waals surface area (Å²) in [6, 6.07) is 4.80. The summed E-state index contributed by atoms with van der Waals surface area (Å²) in [5, 5.41) is 12.2. The van der Waals surface area contributed by atoms with Crippen molar-refractivity contribution in [1.29, 1.82) is 0 Å². The van der Waals surface area contributed by atoms with Crippen LogP contribution in [-0.4, -0.2) is 28.5 Å². The number of carboxylic acid groups (broad SMARTS) is 1. The third-order valence-corrected chi connectivity index (χ3v) is 3.75. The van der Waals surface area contributed by atoms with Crippen molar-refractivity contribution < 1.29 is 14.7 Å². The highest BCUT2D eigenvalue weighted by molar-refractivity contribution is 8.00. The summed E-state index contributed by atoms with van der Waals surface area (Å²) in [5.74, 6) is -1.16. The monoisotopic (exact) mass is 321 g/mol. The molecule has 1 aromatic rings. The van der Waals surface area contributed by atoms with Gasteiger partial charge in [-0.3, -0.25) is 9.59 Å². The predicted octanol–water partition coefficient (Wildman–Crippen LogP) is 2.99. The number of amides is 1. The summed E-state index contributed by atoms with van der Waals surface area (Å²) in [7, 11) is 0. The van der Waals surface area contributed by atoms with E-state index in [0.29, 0.717) is 10.0 Å². The lowest BCUT2D eigenvalue weighted by Crippen LogP contribution is -2.28. The van der Waals surface area contributed by atoms with Crippen LogP contribution in [0.3, 0.4) is 0 Å². The topological polar surface area (TPSA) is 66.4 Å². The SMILES string of the molecule is CC(NC(=O)CSCC(=O)O)c1ccc(Cl)cc1Cl. The maximum Gasteiger partial charge on any atom is 0.313 e. The lowest BCUT2D eigenvalue weighted by atomic mass is 10.1. The Bertz CT molecular complexity index is 482. The number of nitrogens with one attached hydrogen (secondary N) is 1. The highest BCUT2D eigenvalue weighted by Crippen LogP contribution is 2.26. The number of rotatable bonds is 6. The van der Waals surface area contributed by atoms with Crippen LogP contribution in [0.4, 0.5) is 0 Å². The fourth-order valence-corrected chi connectivity index (χ4v) is 2.56. The van der Waals surface area contributed by atoms with E-state index < -0.39 is 5.97 Å². The van der Waals surface area contributed by atoms with Crippen molar-refractivity contribution >= 4 is 46.8 Å². The third kappa shape index (κ3) is 5.72. The maximum absolute atomic E-state index is 11.6. The molecule has 104 valence electrons. The zero-order valence-electron chi connectivity index (χ0n) is 10.2. The molecule has 0 heterocycles. The van der Waals surface area contributed by atoms with Gasteiger partial charge < -0.3 is 10.4 Å². The summed E-state index contributed by atoms with van der Waals surface area (Å²) in [6.45, 7) is 1.80. The molecule has 1 amide bonds. The molecule has 2 N–H and O–H groups in total. The molecule has 0 aliphatic carbocycles. The Hall–Kier alpha value is -0.910. The largest absolute Gasteiger partial charge is 0.481 e. The van der Waals surface area contributed by atoms with Crippen molar-refractivity contribution in [2.75, 3.05) is 11.5 Å². The first-order valence-electron chi connectivity index (χ1n) is 5.44. The second kappa shape index (κ2) is 7.62. The molecule has 1 aromatic carbocycles. The van der Waals surface area contributed by atoms with Crippen molar-refractivity contribution in [3.63, 3.8) is 0 Å². The molecular weight excluding hydrogens is 309 g/mol. The van der Waals surface area contributed by atoms with E-state index in [0.717, 1.165) is 17.3 Å². The number of halogens is 2. The minimum absolute atomic E-state index is 0.0937. The van der Waals surface area contributed by atoms with Gasteiger partial charge in [0.15, 0.2) is 0 Å². The number of carbonyl (C=O) groups excluding carboxylic acids is 1. The van der Waals surface area contributed by atoms with Crippen LogP contribution in [0.5, 0.6) is 0 Å². The number of hydrogen-bond donors (Lipinski definition) is 2. The second-order valence-electron chi connectivity index (χ2n) is 3.84. The minimum Gasteiger partial charge on any atom is -0.481 e. The van der Waals surface area contributed by atoms with Gasteiger partial charge in [-0.2, -0.15) is 0 Å².